The molecule has 1 aliphatic rings. The molecule has 4 N–H and O–H groups in total. The maximum Gasteiger partial charge on any atom is 0.254 e. The molecule has 1 atom stereocenters. The second-order valence-electron chi connectivity index (χ2n) is 14.8. The summed E-state index contributed by atoms with van der Waals surface area (Å²) in [5, 5.41) is 20.3. The first kappa shape index (κ1) is 43.2. The predicted octanol–water partition coefficient (Wildman–Crippen LogP) is 7.47. The van der Waals surface area contributed by atoms with Gasteiger partial charge in [0.2, 0.25) is 11.8 Å². The number of nitrogens with one attached hydrogen (secondary N) is 3. The SMILES string of the molecule is C=CC(=O)n1c2ccccc2c2cc(C(=O)NCCCCCCCC(=O)NCc3ccc(COc4ccc5c(c4)N(C)CC(=O)NC(CO)C5)cc3)ccc21.CCC. The van der Waals surface area contributed by atoms with E-state index in [9.17, 15) is 24.3 Å². The number of nitrogens with zero attached hydrogens (tertiary/aromatic N) is 2. The molecular weight excluding hydrogens is 731 g/mol. The Balaban J connectivity index is 0.00000207. The number of aliphatic hydroxyl groups excluding tert-OH is 1. The fourth-order valence-corrected chi connectivity index (χ4v) is 7.06. The lowest BCUT2D eigenvalue weighted by Crippen LogP contribution is -2.46. The Morgan fingerprint density at radius 2 is 1.59 bits per heavy atom. The number of benzene rings is 4. The summed E-state index contributed by atoms with van der Waals surface area (Å²) >= 11 is 0. The molecule has 11 nitrogen and oxygen atoms in total. The van der Waals surface area contributed by atoms with Crippen LogP contribution in [-0.2, 0) is 29.2 Å². The molecule has 0 spiro atoms. The smallest absolute Gasteiger partial charge is 0.254 e. The van der Waals surface area contributed by atoms with Crippen molar-refractivity contribution in [3.63, 3.8) is 0 Å². The summed E-state index contributed by atoms with van der Waals surface area (Å²) in [4.78, 5) is 52.0. The Hall–Kier alpha value is -5.94. The number of aromatic nitrogens is 1. The summed E-state index contributed by atoms with van der Waals surface area (Å²) in [5.41, 5.74) is 6.04. The van der Waals surface area contributed by atoms with Gasteiger partial charge in [-0.3, -0.25) is 23.7 Å². The van der Waals surface area contributed by atoms with Crippen LogP contribution in [0.25, 0.3) is 21.8 Å². The van der Waals surface area contributed by atoms with Gasteiger partial charge in [0.15, 0.2) is 0 Å². The lowest BCUT2D eigenvalue weighted by Gasteiger charge is -2.28. The Kier molecular flexibility index (Phi) is 16.0. The maximum absolute atomic E-state index is 12.9. The van der Waals surface area contributed by atoms with Crippen molar-refractivity contribution in [2.24, 2.45) is 0 Å². The minimum absolute atomic E-state index is 0.0280. The molecule has 4 aromatic carbocycles. The molecule has 0 radical (unpaired) electrons. The largest absolute Gasteiger partial charge is 0.489 e. The van der Waals surface area contributed by atoms with Gasteiger partial charge in [-0.05, 0) is 72.4 Å². The van der Waals surface area contributed by atoms with E-state index >= 15 is 0 Å². The summed E-state index contributed by atoms with van der Waals surface area (Å²) in [7, 11) is 1.87. The van der Waals surface area contributed by atoms with Crippen LogP contribution in [0.15, 0.2) is 97.6 Å². The maximum atomic E-state index is 12.9. The second-order valence-corrected chi connectivity index (χ2v) is 14.8. The predicted molar refractivity (Wildman–Crippen MR) is 231 cm³/mol. The van der Waals surface area contributed by atoms with Crippen LogP contribution in [0, 0.1) is 0 Å². The highest BCUT2D eigenvalue weighted by atomic mass is 16.5. The molecule has 1 aromatic heterocycles. The molecule has 1 unspecified atom stereocenters. The van der Waals surface area contributed by atoms with Gasteiger partial charge >= 0.3 is 0 Å². The zero-order valence-electron chi connectivity index (χ0n) is 34.0. The third-order valence-electron chi connectivity index (χ3n) is 10.0. The van der Waals surface area contributed by atoms with E-state index in [1.54, 1.807) is 10.6 Å². The number of likely N-dealkylation sites (N-methyl/N-ethyl adjacent to an activating group) is 1. The zero-order valence-corrected chi connectivity index (χ0v) is 34.0. The van der Waals surface area contributed by atoms with Crippen molar-refractivity contribution >= 4 is 51.1 Å². The van der Waals surface area contributed by atoms with Crippen molar-refractivity contribution in [1.29, 1.82) is 0 Å². The van der Waals surface area contributed by atoms with Gasteiger partial charge in [-0.25, -0.2) is 0 Å². The standard InChI is InChI=1S/C44H49N5O6.C3H8/c1-3-43(53)49-38-12-9-8-11-36(38)37-24-33(19-21-39(37)49)44(54)45-22-10-6-4-5-7-13-41(51)46-26-30-14-16-31(17-15-30)29-55-35-20-18-32-23-34(28-50)47-42(52)27-48(2)40(32)25-35;1-3-2/h3,8-9,11-12,14-21,24-25,34,50H,1,4-7,10,13,22-23,26-29H2,2H3,(H,45,54)(H,46,51)(H,47,52);3H2,1-2H3. The van der Waals surface area contributed by atoms with E-state index in [1.807, 2.05) is 90.8 Å². The van der Waals surface area contributed by atoms with Crippen LogP contribution >= 0.6 is 0 Å². The normalized spacial score (nSPS) is 13.7. The number of hydrogen-bond acceptors (Lipinski definition) is 7. The quantitative estimate of drug-likeness (QED) is 0.0601. The lowest BCUT2D eigenvalue weighted by molar-refractivity contribution is -0.122. The van der Waals surface area contributed by atoms with Crippen LogP contribution in [0.3, 0.4) is 0 Å². The molecule has 0 aliphatic carbocycles. The van der Waals surface area contributed by atoms with Crippen LogP contribution in [0.2, 0.25) is 0 Å². The number of amides is 3. The molecule has 58 heavy (non-hydrogen) atoms. The highest BCUT2D eigenvalue weighted by molar-refractivity contribution is 6.16. The number of carbonyl (C=O) groups excluding carboxylic acids is 4. The number of rotatable bonds is 16. The molecule has 0 fully saturated rings. The number of unbranched alkanes of at least 4 members (excludes halogenated alkanes) is 4. The highest BCUT2D eigenvalue weighted by Crippen LogP contribution is 2.30. The van der Waals surface area contributed by atoms with E-state index in [2.05, 4.69) is 36.4 Å². The summed E-state index contributed by atoms with van der Waals surface area (Å²) in [6.45, 7) is 9.37. The minimum atomic E-state index is -0.310. The Morgan fingerprint density at radius 3 is 2.34 bits per heavy atom. The molecule has 1 aliphatic heterocycles. The van der Waals surface area contributed by atoms with Crippen molar-refractivity contribution in [3.8, 4) is 5.75 Å². The van der Waals surface area contributed by atoms with Crippen LogP contribution in [0.1, 0.15) is 90.6 Å². The molecule has 0 saturated heterocycles. The molecule has 11 heteroatoms. The number of carbonyl (C=O) groups is 4. The van der Waals surface area contributed by atoms with Crippen molar-refractivity contribution < 1.29 is 29.0 Å². The van der Waals surface area contributed by atoms with Crippen molar-refractivity contribution in [3.05, 3.63) is 120 Å². The van der Waals surface area contributed by atoms with Gasteiger partial charge in [0, 0.05) is 54.6 Å². The molecule has 0 saturated carbocycles. The molecule has 5 aromatic rings. The lowest BCUT2D eigenvalue weighted by atomic mass is 10.0. The van der Waals surface area contributed by atoms with E-state index in [1.165, 1.54) is 12.5 Å². The van der Waals surface area contributed by atoms with E-state index in [0.717, 1.165) is 76.3 Å². The van der Waals surface area contributed by atoms with E-state index in [0.29, 0.717) is 43.9 Å². The molecule has 2 heterocycles. The van der Waals surface area contributed by atoms with Gasteiger partial charge in [-0.15, -0.1) is 0 Å². The number of para-hydroxylation sites is 1. The molecule has 6 rings (SSSR count). The first-order chi connectivity index (χ1) is 28.1. The molecule has 0 bridgehead atoms. The van der Waals surface area contributed by atoms with Gasteiger partial charge in [0.25, 0.3) is 11.8 Å². The summed E-state index contributed by atoms with van der Waals surface area (Å²) in [6, 6.07) is 26.5. The van der Waals surface area contributed by atoms with Crippen LogP contribution < -0.4 is 25.6 Å². The number of ether oxygens (including phenoxy) is 1. The molecular formula is C47H57N5O6. The van der Waals surface area contributed by atoms with Crippen molar-refractivity contribution in [1.82, 2.24) is 20.5 Å². The van der Waals surface area contributed by atoms with Gasteiger partial charge in [0.05, 0.1) is 30.2 Å². The number of aliphatic hydroxyl groups is 1. The molecule has 306 valence electrons. The van der Waals surface area contributed by atoms with Crippen molar-refractivity contribution in [2.45, 2.75) is 84.4 Å². The minimum Gasteiger partial charge on any atom is -0.489 e. The number of anilines is 1. The van der Waals surface area contributed by atoms with Gasteiger partial charge in [-0.2, -0.15) is 0 Å². The number of fused-ring (bicyclic) bond motifs is 4. The average Bonchev–Trinajstić information content (AvgIpc) is 3.56. The topological polar surface area (TPSA) is 142 Å². The Bertz CT molecular complexity index is 2190. The third kappa shape index (κ3) is 11.6. The average molecular weight is 788 g/mol. The highest BCUT2D eigenvalue weighted by Gasteiger charge is 2.22. The monoisotopic (exact) mass is 787 g/mol. The van der Waals surface area contributed by atoms with Gasteiger partial charge in [-0.1, -0.05) is 94.6 Å². The van der Waals surface area contributed by atoms with Crippen LogP contribution in [0.5, 0.6) is 5.75 Å². The first-order valence-electron chi connectivity index (χ1n) is 20.3. The van der Waals surface area contributed by atoms with Gasteiger partial charge in [0.1, 0.15) is 12.4 Å². The summed E-state index contributed by atoms with van der Waals surface area (Å²) in [5.74, 6) is 0.248. The van der Waals surface area contributed by atoms with Crippen molar-refractivity contribution in [2.75, 3.05) is 31.6 Å². The fourth-order valence-electron chi connectivity index (χ4n) is 7.06. The fraction of sp³-hybridized carbons (Fsp3) is 0.362. The second kappa shape index (κ2) is 21.5. The zero-order chi connectivity index (χ0) is 41.4. The van der Waals surface area contributed by atoms with Crippen LogP contribution in [0.4, 0.5) is 5.69 Å². The third-order valence-corrected chi connectivity index (χ3v) is 10.0. The summed E-state index contributed by atoms with van der Waals surface area (Å²) in [6.07, 6.45) is 8.11. The van der Waals surface area contributed by atoms with Gasteiger partial charge < -0.3 is 30.7 Å². The van der Waals surface area contributed by atoms with Crippen LogP contribution in [-0.4, -0.2) is 66.1 Å². The van der Waals surface area contributed by atoms with E-state index in [4.69, 9.17) is 4.74 Å². The number of hydrogen-bond donors (Lipinski definition) is 4. The van der Waals surface area contributed by atoms with E-state index in [-0.39, 0.29) is 42.8 Å². The summed E-state index contributed by atoms with van der Waals surface area (Å²) < 4.78 is 7.69. The number of allylic oxidation sites excluding steroid dienone is 1. The first-order valence-corrected chi connectivity index (χ1v) is 20.3. The Morgan fingerprint density at radius 1 is 0.879 bits per heavy atom. The Labute approximate surface area is 341 Å². The molecule has 3 amide bonds. The van der Waals surface area contributed by atoms with E-state index < -0.39 is 0 Å².